The summed E-state index contributed by atoms with van der Waals surface area (Å²) in [6, 6.07) is 0. The van der Waals surface area contributed by atoms with Crippen LogP contribution < -0.4 is 0 Å². The normalized spacial score (nSPS) is 31.2. The highest BCUT2D eigenvalue weighted by Crippen LogP contribution is 2.23. The molecule has 14 heavy (non-hydrogen) atoms. The van der Waals surface area contributed by atoms with Crippen LogP contribution in [0.2, 0.25) is 0 Å². The summed E-state index contributed by atoms with van der Waals surface area (Å²) >= 11 is 0. The standard InChI is InChI=1S/C11H19NO2/c13-10-4-6-12(7-5-10)8-9-2-1-3-11(9)14/h9-10,13H,1-8H2. The van der Waals surface area contributed by atoms with E-state index in [4.69, 9.17) is 0 Å². The van der Waals surface area contributed by atoms with E-state index in [2.05, 4.69) is 4.90 Å². The van der Waals surface area contributed by atoms with Gasteiger partial charge in [0.2, 0.25) is 0 Å². The summed E-state index contributed by atoms with van der Waals surface area (Å²) in [5, 5.41) is 9.35. The lowest BCUT2D eigenvalue weighted by Gasteiger charge is -2.30. The maximum absolute atomic E-state index is 11.4. The van der Waals surface area contributed by atoms with E-state index in [1.54, 1.807) is 0 Å². The van der Waals surface area contributed by atoms with Crippen LogP contribution in [0, 0.1) is 5.92 Å². The summed E-state index contributed by atoms with van der Waals surface area (Å²) in [6.07, 6.45) is 4.60. The zero-order valence-corrected chi connectivity index (χ0v) is 8.61. The Hall–Kier alpha value is -0.410. The Bertz CT molecular complexity index is 209. The van der Waals surface area contributed by atoms with Crippen molar-refractivity contribution in [3.8, 4) is 0 Å². The minimum atomic E-state index is -0.106. The van der Waals surface area contributed by atoms with Gasteiger partial charge in [0.15, 0.2) is 0 Å². The Kier molecular flexibility index (Phi) is 3.19. The van der Waals surface area contributed by atoms with Crippen molar-refractivity contribution in [1.29, 1.82) is 0 Å². The largest absolute Gasteiger partial charge is 0.393 e. The molecule has 1 unspecified atom stereocenters. The Morgan fingerprint density at radius 3 is 2.57 bits per heavy atom. The van der Waals surface area contributed by atoms with Gasteiger partial charge >= 0.3 is 0 Å². The average Bonchev–Trinajstić information content (AvgIpc) is 2.56. The number of carbonyl (C=O) groups excluding carboxylic acids is 1. The lowest BCUT2D eigenvalue weighted by atomic mass is 10.0. The van der Waals surface area contributed by atoms with Crippen molar-refractivity contribution in [2.24, 2.45) is 5.92 Å². The van der Waals surface area contributed by atoms with Crippen LogP contribution in [0.3, 0.4) is 0 Å². The Morgan fingerprint density at radius 1 is 1.29 bits per heavy atom. The summed E-state index contributed by atoms with van der Waals surface area (Å²) < 4.78 is 0. The number of hydrogen-bond acceptors (Lipinski definition) is 3. The highest BCUT2D eigenvalue weighted by molar-refractivity contribution is 5.83. The molecule has 80 valence electrons. The van der Waals surface area contributed by atoms with E-state index in [0.717, 1.165) is 51.7 Å². The number of rotatable bonds is 2. The molecule has 0 radical (unpaired) electrons. The third-order valence-corrected chi connectivity index (χ3v) is 3.47. The summed E-state index contributed by atoms with van der Waals surface area (Å²) in [6.45, 7) is 2.86. The van der Waals surface area contributed by atoms with Gasteiger partial charge in [-0.15, -0.1) is 0 Å². The van der Waals surface area contributed by atoms with Crippen LogP contribution >= 0.6 is 0 Å². The second-order valence-corrected chi connectivity index (χ2v) is 4.59. The molecule has 2 fully saturated rings. The van der Waals surface area contributed by atoms with Gasteiger partial charge in [-0.25, -0.2) is 0 Å². The molecule has 0 amide bonds. The van der Waals surface area contributed by atoms with Gasteiger partial charge in [0.1, 0.15) is 5.78 Å². The van der Waals surface area contributed by atoms with E-state index < -0.39 is 0 Å². The second kappa shape index (κ2) is 4.41. The molecule has 1 aliphatic heterocycles. The molecule has 0 bridgehead atoms. The lowest BCUT2D eigenvalue weighted by molar-refractivity contribution is -0.121. The van der Waals surface area contributed by atoms with E-state index >= 15 is 0 Å². The van der Waals surface area contributed by atoms with Crippen LogP contribution in [0.5, 0.6) is 0 Å². The number of aliphatic hydroxyl groups is 1. The minimum absolute atomic E-state index is 0.106. The van der Waals surface area contributed by atoms with E-state index in [9.17, 15) is 9.90 Å². The molecular formula is C11H19NO2. The van der Waals surface area contributed by atoms with E-state index in [-0.39, 0.29) is 6.10 Å². The number of ketones is 1. The molecular weight excluding hydrogens is 178 g/mol. The first-order chi connectivity index (χ1) is 6.75. The number of aliphatic hydroxyl groups excluding tert-OH is 1. The zero-order chi connectivity index (χ0) is 9.97. The number of carbonyl (C=O) groups is 1. The third kappa shape index (κ3) is 2.34. The van der Waals surface area contributed by atoms with Gasteiger partial charge in [-0.2, -0.15) is 0 Å². The Balaban J connectivity index is 1.77. The van der Waals surface area contributed by atoms with Crippen molar-refractivity contribution in [2.45, 2.75) is 38.2 Å². The van der Waals surface area contributed by atoms with Crippen LogP contribution in [0.1, 0.15) is 32.1 Å². The highest BCUT2D eigenvalue weighted by atomic mass is 16.3. The van der Waals surface area contributed by atoms with E-state index in [1.807, 2.05) is 0 Å². The summed E-state index contributed by atoms with van der Waals surface area (Å²) in [5.41, 5.74) is 0. The molecule has 1 saturated carbocycles. The van der Waals surface area contributed by atoms with Gasteiger partial charge in [0.25, 0.3) is 0 Å². The maximum atomic E-state index is 11.4. The number of Topliss-reactive ketones (excluding diaryl/α,β-unsaturated/α-hetero) is 1. The monoisotopic (exact) mass is 197 g/mol. The molecule has 3 nitrogen and oxygen atoms in total. The van der Waals surface area contributed by atoms with Crippen LogP contribution in [0.25, 0.3) is 0 Å². The smallest absolute Gasteiger partial charge is 0.137 e. The molecule has 1 atom stereocenters. The van der Waals surface area contributed by atoms with Crippen LogP contribution in [-0.2, 0) is 4.79 Å². The number of hydrogen-bond donors (Lipinski definition) is 1. The minimum Gasteiger partial charge on any atom is -0.393 e. The van der Waals surface area contributed by atoms with Gasteiger partial charge < -0.3 is 10.0 Å². The quantitative estimate of drug-likeness (QED) is 0.712. The molecule has 0 spiro atoms. The predicted octanol–water partition coefficient (Wildman–Crippen LogP) is 0.812. The Labute approximate surface area is 85.1 Å². The average molecular weight is 197 g/mol. The predicted molar refractivity (Wildman–Crippen MR) is 54.0 cm³/mol. The van der Waals surface area contributed by atoms with Crippen LogP contribution in [0.15, 0.2) is 0 Å². The fourth-order valence-corrected chi connectivity index (χ4v) is 2.49. The summed E-state index contributed by atoms with van der Waals surface area (Å²) in [7, 11) is 0. The van der Waals surface area contributed by atoms with Crippen LogP contribution in [0.4, 0.5) is 0 Å². The van der Waals surface area contributed by atoms with E-state index in [1.165, 1.54) is 0 Å². The molecule has 1 aliphatic carbocycles. The Morgan fingerprint density at radius 2 is 2.00 bits per heavy atom. The molecule has 2 rings (SSSR count). The number of piperidine rings is 1. The molecule has 0 aromatic carbocycles. The number of likely N-dealkylation sites (tertiary alicyclic amines) is 1. The molecule has 1 saturated heterocycles. The molecule has 1 heterocycles. The lowest BCUT2D eigenvalue weighted by Crippen LogP contribution is -2.39. The zero-order valence-electron chi connectivity index (χ0n) is 8.61. The van der Waals surface area contributed by atoms with Gasteiger partial charge in [0, 0.05) is 32.0 Å². The topological polar surface area (TPSA) is 40.5 Å². The van der Waals surface area contributed by atoms with Crippen molar-refractivity contribution in [2.75, 3.05) is 19.6 Å². The first kappa shape index (κ1) is 10.1. The fourth-order valence-electron chi connectivity index (χ4n) is 2.49. The first-order valence-electron chi connectivity index (χ1n) is 5.69. The summed E-state index contributed by atoms with van der Waals surface area (Å²) in [4.78, 5) is 13.8. The van der Waals surface area contributed by atoms with Gasteiger partial charge in [0.05, 0.1) is 6.10 Å². The van der Waals surface area contributed by atoms with Gasteiger partial charge in [-0.3, -0.25) is 4.79 Å². The van der Waals surface area contributed by atoms with E-state index in [0.29, 0.717) is 11.7 Å². The van der Waals surface area contributed by atoms with Crippen molar-refractivity contribution < 1.29 is 9.90 Å². The van der Waals surface area contributed by atoms with Crippen molar-refractivity contribution in [1.82, 2.24) is 4.90 Å². The number of nitrogens with zero attached hydrogens (tertiary/aromatic N) is 1. The third-order valence-electron chi connectivity index (χ3n) is 3.47. The van der Waals surface area contributed by atoms with Crippen LogP contribution in [-0.4, -0.2) is 41.5 Å². The second-order valence-electron chi connectivity index (χ2n) is 4.59. The fraction of sp³-hybridized carbons (Fsp3) is 0.909. The highest BCUT2D eigenvalue weighted by Gasteiger charge is 2.27. The molecule has 3 heteroatoms. The van der Waals surface area contributed by atoms with Crippen molar-refractivity contribution >= 4 is 5.78 Å². The molecule has 0 aromatic heterocycles. The van der Waals surface area contributed by atoms with Gasteiger partial charge in [-0.05, 0) is 25.7 Å². The van der Waals surface area contributed by atoms with Crippen molar-refractivity contribution in [3.63, 3.8) is 0 Å². The van der Waals surface area contributed by atoms with Crippen molar-refractivity contribution in [3.05, 3.63) is 0 Å². The SMILES string of the molecule is O=C1CCCC1CN1CCC(O)CC1. The van der Waals surface area contributed by atoms with Gasteiger partial charge in [-0.1, -0.05) is 0 Å². The molecule has 1 N–H and O–H groups in total. The molecule has 0 aromatic rings. The molecule has 2 aliphatic rings. The first-order valence-corrected chi connectivity index (χ1v) is 5.69. The maximum Gasteiger partial charge on any atom is 0.137 e. The summed E-state index contributed by atoms with van der Waals surface area (Å²) in [5.74, 6) is 0.751.